The molecule has 1 heterocycles. The van der Waals surface area contributed by atoms with Crippen LogP contribution in [0.5, 0.6) is 23.0 Å². The van der Waals surface area contributed by atoms with E-state index in [2.05, 4.69) is 0 Å². The second kappa shape index (κ2) is 12.7. The summed E-state index contributed by atoms with van der Waals surface area (Å²) in [7, 11) is -3.87. The maximum atomic E-state index is 12.1. The molecule has 0 saturated carbocycles. The SMILES string of the molecule is CCOP(=O)(O)COC1COc2ccccc2OCCOCCOc2ccccc2OC1. The van der Waals surface area contributed by atoms with Crippen molar-refractivity contribution < 1.29 is 42.4 Å². The molecule has 1 aliphatic heterocycles. The highest BCUT2D eigenvalue weighted by atomic mass is 31.2. The first-order valence-corrected chi connectivity index (χ1v) is 12.2. The Hall–Kier alpha value is -2.29. The average molecular weight is 468 g/mol. The molecule has 10 heteroatoms. The van der Waals surface area contributed by atoms with Gasteiger partial charge >= 0.3 is 7.60 Å². The van der Waals surface area contributed by atoms with Crippen molar-refractivity contribution in [3.05, 3.63) is 48.5 Å². The predicted molar refractivity (Wildman–Crippen MR) is 117 cm³/mol. The summed E-state index contributed by atoms with van der Waals surface area (Å²) >= 11 is 0. The van der Waals surface area contributed by atoms with Gasteiger partial charge in [0.2, 0.25) is 0 Å². The first-order valence-electron chi connectivity index (χ1n) is 10.4. The van der Waals surface area contributed by atoms with Gasteiger partial charge in [-0.3, -0.25) is 4.57 Å². The van der Waals surface area contributed by atoms with Crippen LogP contribution in [0.2, 0.25) is 0 Å². The van der Waals surface area contributed by atoms with Crippen molar-refractivity contribution in [2.45, 2.75) is 13.0 Å². The average Bonchev–Trinajstić information content (AvgIpc) is 2.78. The van der Waals surface area contributed by atoms with Gasteiger partial charge in [0.15, 0.2) is 23.0 Å². The van der Waals surface area contributed by atoms with Gasteiger partial charge in [-0.05, 0) is 31.2 Å². The maximum Gasteiger partial charge on any atom is 0.353 e. The molecule has 0 aliphatic carbocycles. The van der Waals surface area contributed by atoms with Crippen LogP contribution in [0.1, 0.15) is 6.92 Å². The third-order valence-electron chi connectivity index (χ3n) is 4.32. The molecule has 1 N–H and O–H groups in total. The smallest absolute Gasteiger partial charge is 0.353 e. The fourth-order valence-electron chi connectivity index (χ4n) is 2.85. The van der Waals surface area contributed by atoms with Crippen molar-refractivity contribution in [3.8, 4) is 23.0 Å². The first kappa shape index (κ1) is 24.4. The zero-order chi connectivity index (χ0) is 22.7. The summed E-state index contributed by atoms with van der Waals surface area (Å²) in [5.74, 6) is 2.17. The number of rotatable bonds is 5. The number of benzene rings is 2. The normalized spacial score (nSPS) is 17.9. The second-order valence-corrected chi connectivity index (χ2v) is 8.59. The van der Waals surface area contributed by atoms with E-state index in [-0.39, 0.29) is 19.8 Å². The Labute approximate surface area is 187 Å². The zero-order valence-electron chi connectivity index (χ0n) is 18.0. The Balaban J connectivity index is 1.75. The lowest BCUT2D eigenvalue weighted by molar-refractivity contribution is 0.00421. The highest BCUT2D eigenvalue weighted by Gasteiger charge is 2.23. The molecule has 2 aromatic rings. The van der Waals surface area contributed by atoms with Gasteiger partial charge in [-0.25, -0.2) is 0 Å². The lowest BCUT2D eigenvalue weighted by Gasteiger charge is -2.22. The van der Waals surface area contributed by atoms with E-state index >= 15 is 0 Å². The fourth-order valence-corrected chi connectivity index (χ4v) is 3.73. The molecule has 176 valence electrons. The van der Waals surface area contributed by atoms with Gasteiger partial charge in [0.25, 0.3) is 0 Å². The Morgan fingerprint density at radius 1 is 0.844 bits per heavy atom. The highest BCUT2D eigenvalue weighted by Crippen LogP contribution is 2.41. The van der Waals surface area contributed by atoms with Gasteiger partial charge in [-0.15, -0.1) is 0 Å². The third kappa shape index (κ3) is 8.00. The Bertz CT molecular complexity index is 820. The van der Waals surface area contributed by atoms with E-state index in [1.54, 1.807) is 31.2 Å². The molecule has 0 radical (unpaired) electrons. The molecule has 0 amide bonds. The van der Waals surface area contributed by atoms with Gasteiger partial charge in [-0.1, -0.05) is 24.3 Å². The van der Waals surface area contributed by atoms with E-state index in [0.717, 1.165) is 0 Å². The summed E-state index contributed by atoms with van der Waals surface area (Å²) < 4.78 is 51.5. The largest absolute Gasteiger partial charge is 0.487 e. The molecule has 0 saturated heterocycles. The molecule has 0 fully saturated rings. The van der Waals surface area contributed by atoms with Crippen molar-refractivity contribution in [2.24, 2.45) is 0 Å². The van der Waals surface area contributed by atoms with Gasteiger partial charge in [0.1, 0.15) is 38.9 Å². The second-order valence-electron chi connectivity index (χ2n) is 6.80. The lowest BCUT2D eigenvalue weighted by Crippen LogP contribution is -2.29. The Morgan fingerprint density at radius 2 is 1.31 bits per heavy atom. The van der Waals surface area contributed by atoms with E-state index < -0.39 is 20.0 Å². The van der Waals surface area contributed by atoms with E-state index in [4.69, 9.17) is 32.9 Å². The van der Waals surface area contributed by atoms with E-state index in [1.165, 1.54) is 0 Å². The summed E-state index contributed by atoms with van der Waals surface area (Å²) in [5.41, 5.74) is 0. The molecule has 1 atom stereocenters. The molecule has 0 spiro atoms. The minimum Gasteiger partial charge on any atom is -0.487 e. The fraction of sp³-hybridized carbons (Fsp3) is 0.455. The Morgan fingerprint density at radius 3 is 1.78 bits per heavy atom. The molecule has 32 heavy (non-hydrogen) atoms. The van der Waals surface area contributed by atoms with Gasteiger partial charge < -0.3 is 37.8 Å². The highest BCUT2D eigenvalue weighted by molar-refractivity contribution is 7.52. The van der Waals surface area contributed by atoms with E-state index in [0.29, 0.717) is 49.4 Å². The van der Waals surface area contributed by atoms with Crippen LogP contribution in [-0.2, 0) is 18.6 Å². The summed E-state index contributed by atoms with van der Waals surface area (Å²) in [6.07, 6.45) is -1.14. The lowest BCUT2D eigenvalue weighted by atomic mass is 10.3. The topological polar surface area (TPSA) is 102 Å². The van der Waals surface area contributed by atoms with Crippen molar-refractivity contribution in [3.63, 3.8) is 0 Å². The molecule has 3 rings (SSSR count). The van der Waals surface area contributed by atoms with Crippen LogP contribution >= 0.6 is 7.60 Å². The summed E-state index contributed by atoms with van der Waals surface area (Å²) in [5, 5.41) is 0. The third-order valence-corrected chi connectivity index (χ3v) is 5.46. The van der Waals surface area contributed by atoms with Crippen molar-refractivity contribution in [2.75, 3.05) is 52.6 Å². The zero-order valence-corrected chi connectivity index (χ0v) is 18.9. The van der Waals surface area contributed by atoms with Crippen molar-refractivity contribution in [1.29, 1.82) is 0 Å². The van der Waals surface area contributed by atoms with E-state index in [1.807, 2.05) is 24.3 Å². The van der Waals surface area contributed by atoms with Gasteiger partial charge in [0.05, 0.1) is 19.8 Å². The van der Waals surface area contributed by atoms with Crippen LogP contribution in [0, 0.1) is 0 Å². The number of hydrogen-bond acceptors (Lipinski definition) is 8. The van der Waals surface area contributed by atoms with Crippen molar-refractivity contribution in [1.82, 2.24) is 0 Å². The number of para-hydroxylation sites is 4. The minimum atomic E-state index is -3.87. The predicted octanol–water partition coefficient (Wildman–Crippen LogP) is 3.50. The molecule has 1 unspecified atom stereocenters. The van der Waals surface area contributed by atoms with Crippen molar-refractivity contribution >= 4 is 7.60 Å². The molecule has 0 bridgehead atoms. The van der Waals surface area contributed by atoms with Crippen LogP contribution < -0.4 is 18.9 Å². The van der Waals surface area contributed by atoms with Gasteiger partial charge in [-0.2, -0.15) is 0 Å². The quantitative estimate of drug-likeness (QED) is 0.661. The van der Waals surface area contributed by atoms with Gasteiger partial charge in [0, 0.05) is 0 Å². The summed E-state index contributed by atoms with van der Waals surface area (Å²) in [6, 6.07) is 14.5. The Kier molecular flexibility index (Phi) is 9.64. The molecule has 1 aliphatic rings. The standard InChI is InChI=1S/C22H29O9P/c1-2-31-32(23,24)17-30-18-15-28-21-9-5-3-7-19(21)26-13-11-25-12-14-27-20-8-4-6-10-22(20)29-16-18/h3-10,18H,2,11-17H2,1H3,(H,23,24). The van der Waals surface area contributed by atoms with E-state index in [9.17, 15) is 9.46 Å². The van der Waals surface area contributed by atoms with Crippen LogP contribution in [-0.4, -0.2) is 63.6 Å². The molecular weight excluding hydrogens is 439 g/mol. The molecule has 2 aromatic carbocycles. The van der Waals surface area contributed by atoms with Crippen LogP contribution in [0.3, 0.4) is 0 Å². The monoisotopic (exact) mass is 468 g/mol. The number of hydrogen-bond donors (Lipinski definition) is 1. The molecular formula is C22H29O9P. The maximum absolute atomic E-state index is 12.1. The van der Waals surface area contributed by atoms with Crippen LogP contribution in [0.4, 0.5) is 0 Å². The minimum absolute atomic E-state index is 0.0615. The first-order chi connectivity index (χ1) is 15.6. The molecule has 9 nitrogen and oxygen atoms in total. The molecule has 0 aromatic heterocycles. The summed E-state index contributed by atoms with van der Waals surface area (Å²) in [6.45, 7) is 3.35. The van der Waals surface area contributed by atoms with Crippen LogP contribution in [0.25, 0.3) is 0 Å². The number of fused-ring (bicyclic) bond motifs is 2. The number of ether oxygens (including phenoxy) is 6. The summed E-state index contributed by atoms with van der Waals surface area (Å²) in [4.78, 5) is 9.87. The van der Waals surface area contributed by atoms with Crippen LogP contribution in [0.15, 0.2) is 48.5 Å².